The van der Waals surface area contributed by atoms with Crippen LogP contribution in [0.25, 0.3) is 0 Å². The maximum Gasteiger partial charge on any atom is 0.125 e. The van der Waals surface area contributed by atoms with Crippen LogP contribution in [0.3, 0.4) is 0 Å². The van der Waals surface area contributed by atoms with Gasteiger partial charge in [0.25, 0.3) is 0 Å². The van der Waals surface area contributed by atoms with E-state index in [4.69, 9.17) is 9.47 Å². The number of para-hydroxylation sites is 1. The van der Waals surface area contributed by atoms with E-state index in [0.29, 0.717) is 6.61 Å². The average Bonchev–Trinajstić information content (AvgIpc) is 2.89. The minimum absolute atomic E-state index is 0.285. The molecule has 1 fully saturated rings. The molecule has 12 heavy (non-hydrogen) atoms. The van der Waals surface area contributed by atoms with E-state index in [1.807, 2.05) is 25.1 Å². The molecule has 1 heterocycles. The van der Waals surface area contributed by atoms with Crippen LogP contribution in [-0.2, 0) is 4.74 Å². The lowest BCUT2D eigenvalue weighted by Crippen LogP contribution is -1.95. The fourth-order valence-corrected chi connectivity index (χ4v) is 1.26. The molecule has 1 aromatic rings. The van der Waals surface area contributed by atoms with Gasteiger partial charge in [-0.1, -0.05) is 18.2 Å². The first-order valence-electron chi connectivity index (χ1n) is 4.25. The molecule has 0 aromatic heterocycles. The minimum atomic E-state index is 0.285. The van der Waals surface area contributed by atoms with Crippen molar-refractivity contribution < 1.29 is 9.47 Å². The molecule has 1 aromatic carbocycles. The first-order valence-corrected chi connectivity index (χ1v) is 4.25. The lowest BCUT2D eigenvalue weighted by Gasteiger charge is -2.06. The zero-order valence-electron chi connectivity index (χ0n) is 7.12. The Labute approximate surface area is 72.1 Å². The molecule has 64 valence electrons. The number of hydrogen-bond acceptors (Lipinski definition) is 2. The fourth-order valence-electron chi connectivity index (χ4n) is 1.26. The third-order valence-electron chi connectivity index (χ3n) is 1.90. The van der Waals surface area contributed by atoms with E-state index in [1.54, 1.807) is 0 Å². The molecular weight excluding hydrogens is 152 g/mol. The molecular formula is C10H12O2. The monoisotopic (exact) mass is 164 g/mol. The third-order valence-corrected chi connectivity index (χ3v) is 1.90. The first kappa shape index (κ1) is 7.62. The van der Waals surface area contributed by atoms with Crippen molar-refractivity contribution in [3.63, 3.8) is 0 Å². The van der Waals surface area contributed by atoms with Crippen molar-refractivity contribution in [2.45, 2.75) is 13.0 Å². The summed E-state index contributed by atoms with van der Waals surface area (Å²) in [7, 11) is 0. The first-order chi connectivity index (χ1) is 5.92. The quantitative estimate of drug-likeness (QED) is 0.638. The average molecular weight is 164 g/mol. The molecule has 1 atom stereocenters. The van der Waals surface area contributed by atoms with Crippen LogP contribution in [-0.4, -0.2) is 13.2 Å². The van der Waals surface area contributed by atoms with Gasteiger partial charge < -0.3 is 9.47 Å². The van der Waals surface area contributed by atoms with Gasteiger partial charge in [-0.05, 0) is 13.0 Å². The topological polar surface area (TPSA) is 21.8 Å². The highest BCUT2D eigenvalue weighted by Crippen LogP contribution is 2.35. The Kier molecular flexibility index (Phi) is 2.00. The maximum atomic E-state index is 5.46. The van der Waals surface area contributed by atoms with Crippen molar-refractivity contribution in [1.82, 2.24) is 0 Å². The highest BCUT2D eigenvalue weighted by molar-refractivity contribution is 5.36. The summed E-state index contributed by atoms with van der Waals surface area (Å²) in [5.74, 6) is 0.961. The van der Waals surface area contributed by atoms with Crippen LogP contribution in [0.4, 0.5) is 0 Å². The van der Waals surface area contributed by atoms with Gasteiger partial charge in [0, 0.05) is 5.56 Å². The maximum absolute atomic E-state index is 5.46. The van der Waals surface area contributed by atoms with Crippen molar-refractivity contribution in [2.75, 3.05) is 13.2 Å². The standard InChI is InChI=1S/C10H12O2/c1-2-11-9-6-4-3-5-8(9)10-7-12-10/h3-6,10H,2,7H2,1H3/t10-/m1/s1. The second-order valence-corrected chi connectivity index (χ2v) is 2.79. The Morgan fingerprint density at radius 2 is 2.25 bits per heavy atom. The summed E-state index contributed by atoms with van der Waals surface area (Å²) in [6.45, 7) is 3.54. The summed E-state index contributed by atoms with van der Waals surface area (Å²) in [4.78, 5) is 0. The predicted octanol–water partition coefficient (Wildman–Crippen LogP) is 2.16. The number of epoxide rings is 1. The molecule has 0 amide bonds. The van der Waals surface area contributed by atoms with E-state index in [2.05, 4.69) is 6.07 Å². The molecule has 0 N–H and O–H groups in total. The van der Waals surface area contributed by atoms with Gasteiger partial charge in [-0.15, -0.1) is 0 Å². The second-order valence-electron chi connectivity index (χ2n) is 2.79. The molecule has 2 nitrogen and oxygen atoms in total. The van der Waals surface area contributed by atoms with Crippen LogP contribution in [0.5, 0.6) is 5.75 Å². The van der Waals surface area contributed by atoms with Gasteiger partial charge in [-0.25, -0.2) is 0 Å². The van der Waals surface area contributed by atoms with Crippen LogP contribution in [0.1, 0.15) is 18.6 Å². The number of rotatable bonds is 3. The molecule has 1 saturated heterocycles. The summed E-state index contributed by atoms with van der Waals surface area (Å²) in [6, 6.07) is 8.04. The Bertz CT molecular complexity index is 266. The lowest BCUT2D eigenvalue weighted by molar-refractivity contribution is 0.329. The molecule has 0 unspecified atom stereocenters. The predicted molar refractivity (Wildman–Crippen MR) is 46.3 cm³/mol. The van der Waals surface area contributed by atoms with Crippen LogP contribution in [0.15, 0.2) is 24.3 Å². The second kappa shape index (κ2) is 3.15. The molecule has 0 saturated carbocycles. The highest BCUT2D eigenvalue weighted by Gasteiger charge is 2.27. The summed E-state index contributed by atoms with van der Waals surface area (Å²) < 4.78 is 10.7. The Balaban J connectivity index is 2.24. The third kappa shape index (κ3) is 1.43. The largest absolute Gasteiger partial charge is 0.493 e. The molecule has 0 radical (unpaired) electrons. The van der Waals surface area contributed by atoms with Crippen LogP contribution in [0.2, 0.25) is 0 Å². The van der Waals surface area contributed by atoms with Crippen LogP contribution >= 0.6 is 0 Å². The van der Waals surface area contributed by atoms with Gasteiger partial charge in [-0.3, -0.25) is 0 Å². The van der Waals surface area contributed by atoms with Gasteiger partial charge in [0.1, 0.15) is 11.9 Å². The van der Waals surface area contributed by atoms with Crippen molar-refractivity contribution in [1.29, 1.82) is 0 Å². The number of ether oxygens (including phenoxy) is 2. The molecule has 1 aliphatic heterocycles. The Morgan fingerprint density at radius 1 is 1.50 bits per heavy atom. The molecule has 0 spiro atoms. The zero-order valence-corrected chi connectivity index (χ0v) is 7.12. The van der Waals surface area contributed by atoms with Gasteiger partial charge in [0.15, 0.2) is 0 Å². The highest BCUT2D eigenvalue weighted by atomic mass is 16.6. The van der Waals surface area contributed by atoms with Gasteiger partial charge >= 0.3 is 0 Å². The van der Waals surface area contributed by atoms with Crippen LogP contribution < -0.4 is 4.74 Å². The van der Waals surface area contributed by atoms with Gasteiger partial charge in [0.2, 0.25) is 0 Å². The Hall–Kier alpha value is -1.02. The van der Waals surface area contributed by atoms with E-state index in [9.17, 15) is 0 Å². The van der Waals surface area contributed by atoms with E-state index in [-0.39, 0.29) is 6.10 Å². The summed E-state index contributed by atoms with van der Waals surface area (Å²) in [6.07, 6.45) is 0.285. The smallest absolute Gasteiger partial charge is 0.125 e. The summed E-state index contributed by atoms with van der Waals surface area (Å²) in [5, 5.41) is 0. The molecule has 0 aliphatic carbocycles. The summed E-state index contributed by atoms with van der Waals surface area (Å²) >= 11 is 0. The van der Waals surface area contributed by atoms with Gasteiger partial charge in [0.05, 0.1) is 13.2 Å². The number of hydrogen-bond donors (Lipinski definition) is 0. The lowest BCUT2D eigenvalue weighted by atomic mass is 10.1. The minimum Gasteiger partial charge on any atom is -0.493 e. The van der Waals surface area contributed by atoms with Crippen molar-refractivity contribution in [3.05, 3.63) is 29.8 Å². The normalized spacial score (nSPS) is 20.6. The SMILES string of the molecule is CCOc1ccccc1[C@H]1CO1. The van der Waals surface area contributed by atoms with Crippen molar-refractivity contribution >= 4 is 0 Å². The fraction of sp³-hybridized carbons (Fsp3) is 0.400. The molecule has 0 bridgehead atoms. The zero-order chi connectivity index (χ0) is 8.39. The van der Waals surface area contributed by atoms with E-state index >= 15 is 0 Å². The Morgan fingerprint density at radius 3 is 2.92 bits per heavy atom. The molecule has 2 heteroatoms. The molecule has 2 rings (SSSR count). The van der Waals surface area contributed by atoms with E-state index in [1.165, 1.54) is 5.56 Å². The van der Waals surface area contributed by atoms with E-state index in [0.717, 1.165) is 12.4 Å². The van der Waals surface area contributed by atoms with Crippen LogP contribution in [0, 0.1) is 0 Å². The number of benzene rings is 1. The van der Waals surface area contributed by atoms with Gasteiger partial charge in [-0.2, -0.15) is 0 Å². The summed E-state index contributed by atoms with van der Waals surface area (Å²) in [5.41, 5.74) is 1.18. The van der Waals surface area contributed by atoms with E-state index < -0.39 is 0 Å². The molecule has 1 aliphatic rings. The van der Waals surface area contributed by atoms with Crippen molar-refractivity contribution in [3.8, 4) is 5.75 Å². The van der Waals surface area contributed by atoms with Crippen molar-refractivity contribution in [2.24, 2.45) is 0 Å².